The first-order chi connectivity index (χ1) is 17.3. The Kier molecular flexibility index (Phi) is 7.56. The number of hydrogen-bond acceptors (Lipinski definition) is 12. The number of hydrogen-bond donors (Lipinski definition) is 5. The smallest absolute Gasteiger partial charge is 0.481 e. The molecular formula is C18H21N3O14P2. The van der Waals surface area contributed by atoms with Gasteiger partial charge < -0.3 is 38.9 Å². The van der Waals surface area contributed by atoms with Gasteiger partial charge in [-0.15, -0.1) is 0 Å². The molecule has 1 fully saturated rings. The van der Waals surface area contributed by atoms with E-state index in [4.69, 9.17) is 23.8 Å². The SMILES string of the molecule is COc1cccc2c(Cn3c(=O)ccn([C@@H]4O[C@H](COP(=O)(O)OP(=O)(O)O)[C@H](O)[C@@H]4O)c3=O)noc12. The van der Waals surface area contributed by atoms with E-state index >= 15 is 0 Å². The van der Waals surface area contributed by atoms with Gasteiger partial charge in [-0.3, -0.25) is 18.5 Å². The van der Waals surface area contributed by atoms with Gasteiger partial charge in [-0.25, -0.2) is 13.9 Å². The molecule has 1 aliphatic heterocycles. The number of phosphoric acid groups is 2. The molecule has 0 amide bonds. The zero-order chi connectivity index (χ0) is 27.1. The third kappa shape index (κ3) is 5.76. The maximum Gasteiger partial charge on any atom is 0.481 e. The highest BCUT2D eigenvalue weighted by atomic mass is 31.3. The molecule has 0 radical (unpaired) electrons. The fourth-order valence-corrected chi connectivity index (χ4v) is 5.30. The average Bonchev–Trinajstić information content (AvgIpc) is 3.35. The Hall–Kier alpha value is -2.69. The highest BCUT2D eigenvalue weighted by Crippen LogP contribution is 2.57. The minimum Gasteiger partial charge on any atom is -0.493 e. The molecule has 0 saturated carbocycles. The first kappa shape index (κ1) is 27.3. The molecule has 37 heavy (non-hydrogen) atoms. The highest BCUT2D eigenvalue weighted by Gasteiger charge is 2.46. The third-order valence-electron chi connectivity index (χ3n) is 5.38. The largest absolute Gasteiger partial charge is 0.493 e. The molecule has 3 heterocycles. The number of rotatable bonds is 9. The van der Waals surface area contributed by atoms with Gasteiger partial charge in [0.25, 0.3) is 5.56 Å². The Bertz CT molecular complexity index is 1510. The number of methoxy groups -OCH3 is 1. The van der Waals surface area contributed by atoms with Crippen molar-refractivity contribution >= 4 is 26.6 Å². The van der Waals surface area contributed by atoms with Crippen molar-refractivity contribution in [1.29, 1.82) is 0 Å². The predicted molar refractivity (Wildman–Crippen MR) is 119 cm³/mol. The molecule has 1 saturated heterocycles. The highest BCUT2D eigenvalue weighted by molar-refractivity contribution is 7.60. The number of phosphoric ester groups is 1. The van der Waals surface area contributed by atoms with E-state index in [-0.39, 0.29) is 12.2 Å². The van der Waals surface area contributed by atoms with Gasteiger partial charge in [0, 0.05) is 12.3 Å². The molecule has 5 N–H and O–H groups in total. The molecule has 19 heteroatoms. The molecule has 1 unspecified atom stereocenters. The van der Waals surface area contributed by atoms with E-state index in [0.717, 1.165) is 21.4 Å². The molecule has 4 rings (SSSR count). The van der Waals surface area contributed by atoms with Crippen molar-refractivity contribution < 1.29 is 56.9 Å². The second kappa shape index (κ2) is 10.2. The van der Waals surface area contributed by atoms with Gasteiger partial charge >= 0.3 is 21.3 Å². The normalized spacial score (nSPS) is 23.8. The van der Waals surface area contributed by atoms with Crippen LogP contribution in [0.2, 0.25) is 0 Å². The van der Waals surface area contributed by atoms with E-state index in [9.17, 15) is 33.8 Å². The molecule has 0 aliphatic carbocycles. The van der Waals surface area contributed by atoms with Gasteiger partial charge in [0.1, 0.15) is 24.0 Å². The summed E-state index contributed by atoms with van der Waals surface area (Å²) in [5.41, 5.74) is -1.14. The molecular weight excluding hydrogens is 544 g/mol. The molecule has 2 aromatic heterocycles. The average molecular weight is 565 g/mol. The minimum atomic E-state index is -5.38. The minimum absolute atomic E-state index is 0.230. The number of aliphatic hydroxyl groups excluding tert-OH is 2. The van der Waals surface area contributed by atoms with Crippen LogP contribution in [0.5, 0.6) is 5.75 Å². The Balaban J connectivity index is 1.58. The van der Waals surface area contributed by atoms with Crippen LogP contribution in [0.25, 0.3) is 11.0 Å². The maximum atomic E-state index is 13.1. The molecule has 202 valence electrons. The van der Waals surface area contributed by atoms with E-state index in [0.29, 0.717) is 16.7 Å². The third-order valence-corrected chi connectivity index (χ3v) is 7.53. The molecule has 0 bridgehead atoms. The summed E-state index contributed by atoms with van der Waals surface area (Å²) < 4.78 is 47.9. The molecule has 5 atom stereocenters. The van der Waals surface area contributed by atoms with Crippen molar-refractivity contribution in [2.45, 2.75) is 31.1 Å². The van der Waals surface area contributed by atoms with Crippen LogP contribution >= 0.6 is 15.6 Å². The van der Waals surface area contributed by atoms with Crippen molar-refractivity contribution in [1.82, 2.24) is 14.3 Å². The van der Waals surface area contributed by atoms with E-state index < -0.39 is 58.0 Å². The molecule has 3 aromatic rings. The topological polar surface area (TPSA) is 242 Å². The van der Waals surface area contributed by atoms with Crippen molar-refractivity contribution in [2.24, 2.45) is 0 Å². The van der Waals surface area contributed by atoms with Crippen LogP contribution in [0.15, 0.2) is 44.6 Å². The fraction of sp³-hybridized carbons (Fsp3) is 0.389. The van der Waals surface area contributed by atoms with Crippen LogP contribution in [0, 0.1) is 0 Å². The van der Waals surface area contributed by atoms with Gasteiger partial charge in [0.05, 0.1) is 25.6 Å². The standard InChI is InChI=1S/C18H21N3O14P2/c1-31-11-4-2-3-9-10(19-34-16(9)11)7-21-13(22)5-6-20(18(21)25)17-15(24)14(23)12(33-17)8-32-37(29,30)35-36(26,27)28/h2-6,12,14-15,17,23-24H,7-8H2,1H3,(H,29,30)(H2,26,27,28)/t12-,14+,15+,17-/m1/s1. The predicted octanol–water partition coefficient (Wildman–Crippen LogP) is -0.946. The zero-order valence-corrected chi connectivity index (χ0v) is 20.5. The van der Waals surface area contributed by atoms with E-state index in [1.165, 1.54) is 7.11 Å². The molecule has 17 nitrogen and oxygen atoms in total. The lowest BCUT2D eigenvalue weighted by Gasteiger charge is -2.19. The summed E-state index contributed by atoms with van der Waals surface area (Å²) in [6.45, 7) is -1.28. The number of aromatic nitrogens is 3. The number of para-hydroxylation sites is 1. The first-order valence-corrected chi connectivity index (χ1v) is 13.3. The summed E-state index contributed by atoms with van der Waals surface area (Å²) in [7, 11) is -9.22. The number of ether oxygens (including phenoxy) is 2. The van der Waals surface area contributed by atoms with E-state index in [1.807, 2.05) is 0 Å². The van der Waals surface area contributed by atoms with Crippen LogP contribution in [0.1, 0.15) is 11.9 Å². The number of fused-ring (bicyclic) bond motifs is 1. The van der Waals surface area contributed by atoms with Crippen LogP contribution < -0.4 is 16.0 Å². The van der Waals surface area contributed by atoms with Crippen LogP contribution in [-0.4, -0.2) is 71.2 Å². The monoisotopic (exact) mass is 565 g/mol. The van der Waals surface area contributed by atoms with Crippen molar-refractivity contribution in [3.8, 4) is 5.75 Å². The number of benzene rings is 1. The summed E-state index contributed by atoms with van der Waals surface area (Å²) in [5.74, 6) is 0.386. The zero-order valence-electron chi connectivity index (χ0n) is 18.8. The maximum absolute atomic E-state index is 13.1. The lowest BCUT2D eigenvalue weighted by molar-refractivity contribution is -0.0547. The lowest BCUT2D eigenvalue weighted by Crippen LogP contribution is -2.43. The van der Waals surface area contributed by atoms with Crippen molar-refractivity contribution in [2.75, 3.05) is 13.7 Å². The summed E-state index contributed by atoms with van der Waals surface area (Å²) in [4.78, 5) is 52.3. The quantitative estimate of drug-likeness (QED) is 0.197. The van der Waals surface area contributed by atoms with Gasteiger partial charge in [-0.2, -0.15) is 4.31 Å². The Morgan fingerprint density at radius 2 is 1.84 bits per heavy atom. The first-order valence-electron chi connectivity index (χ1n) is 10.3. The fourth-order valence-electron chi connectivity index (χ4n) is 3.70. The van der Waals surface area contributed by atoms with E-state index in [1.54, 1.807) is 18.2 Å². The van der Waals surface area contributed by atoms with Gasteiger partial charge in [0.2, 0.25) is 5.58 Å². The Morgan fingerprint density at radius 1 is 1.11 bits per heavy atom. The van der Waals surface area contributed by atoms with Crippen LogP contribution in [0.3, 0.4) is 0 Å². The lowest BCUT2D eigenvalue weighted by atomic mass is 10.1. The number of aliphatic hydroxyl groups is 2. The summed E-state index contributed by atoms with van der Waals surface area (Å²) in [6.07, 6.45) is -5.62. The van der Waals surface area contributed by atoms with Crippen LogP contribution in [-0.2, 0) is 29.2 Å². The molecule has 0 spiro atoms. The van der Waals surface area contributed by atoms with Crippen LogP contribution in [0.4, 0.5) is 0 Å². The van der Waals surface area contributed by atoms with Gasteiger partial charge in [-0.05, 0) is 12.1 Å². The Morgan fingerprint density at radius 3 is 2.51 bits per heavy atom. The van der Waals surface area contributed by atoms with Crippen molar-refractivity contribution in [3.63, 3.8) is 0 Å². The van der Waals surface area contributed by atoms with E-state index in [2.05, 4.69) is 14.0 Å². The summed E-state index contributed by atoms with van der Waals surface area (Å²) in [6, 6.07) is 5.96. The van der Waals surface area contributed by atoms with Gasteiger partial charge in [0.15, 0.2) is 12.0 Å². The molecule has 1 aliphatic rings. The summed E-state index contributed by atoms with van der Waals surface area (Å²) in [5, 5.41) is 25.1. The molecule has 1 aromatic carbocycles. The van der Waals surface area contributed by atoms with Crippen molar-refractivity contribution in [3.05, 3.63) is 57.0 Å². The van der Waals surface area contributed by atoms with Gasteiger partial charge in [-0.1, -0.05) is 11.2 Å². The second-order valence-electron chi connectivity index (χ2n) is 7.78. The summed E-state index contributed by atoms with van der Waals surface area (Å²) >= 11 is 0. The number of nitrogens with zero attached hydrogens (tertiary/aromatic N) is 3. The Labute approximate surface area is 205 Å². The second-order valence-corrected chi connectivity index (χ2v) is 10.6.